The molecule has 2 amide bonds. The first kappa shape index (κ1) is 18.6. The molecule has 0 unspecified atom stereocenters. The molecule has 4 aliphatic rings. The summed E-state index contributed by atoms with van der Waals surface area (Å²) < 4.78 is 4.86. The molecule has 0 aromatic heterocycles. The summed E-state index contributed by atoms with van der Waals surface area (Å²) in [4.78, 5) is 43.1. The molecule has 0 aliphatic carbocycles. The van der Waals surface area contributed by atoms with Crippen LogP contribution in [0.3, 0.4) is 0 Å². The van der Waals surface area contributed by atoms with Gasteiger partial charge in [0.1, 0.15) is 5.54 Å². The summed E-state index contributed by atoms with van der Waals surface area (Å²) in [5, 5.41) is 3.05. The summed E-state index contributed by atoms with van der Waals surface area (Å²) in [5.74, 6) is -0.731. The quantitative estimate of drug-likeness (QED) is 0.769. The Morgan fingerprint density at radius 2 is 1.90 bits per heavy atom. The van der Waals surface area contributed by atoms with Crippen molar-refractivity contribution in [2.24, 2.45) is 11.8 Å². The average molecular weight is 397 g/mol. The lowest BCUT2D eigenvalue weighted by Gasteiger charge is -2.39. The number of hydrogen-bond acceptors (Lipinski definition) is 5. The molecule has 4 heterocycles. The maximum atomic E-state index is 13.7. The highest BCUT2D eigenvalue weighted by Gasteiger charge is 2.65. The smallest absolute Gasteiger partial charge is 0.308 e. The zero-order chi connectivity index (χ0) is 20.2. The van der Waals surface area contributed by atoms with Crippen LogP contribution < -0.4 is 5.32 Å². The molecule has 5 rings (SSSR count). The second kappa shape index (κ2) is 6.83. The Bertz CT molecular complexity index is 863. The molecule has 29 heavy (non-hydrogen) atoms. The Morgan fingerprint density at radius 3 is 2.66 bits per heavy atom. The van der Waals surface area contributed by atoms with Gasteiger partial charge in [-0.25, -0.2) is 0 Å². The van der Waals surface area contributed by atoms with Gasteiger partial charge in [-0.1, -0.05) is 18.2 Å². The minimum absolute atomic E-state index is 0.0505. The molecule has 1 spiro atoms. The summed E-state index contributed by atoms with van der Waals surface area (Å²) in [6.07, 6.45) is 4.05. The number of fused-ring (bicyclic) bond motifs is 4. The van der Waals surface area contributed by atoms with Gasteiger partial charge in [0.2, 0.25) is 11.8 Å². The second-order valence-corrected chi connectivity index (χ2v) is 8.67. The number of nitrogens with zero attached hydrogens (tertiary/aromatic N) is 2. The lowest BCUT2D eigenvalue weighted by atomic mass is 9.77. The standard InChI is InChI=1S/C22H27N3O4/c1-29-20(27)14-8-11-24(12-9-14)19(26)17-13-15-5-4-10-25(15)22(17)16-6-2-3-7-18(16)23-21(22)28/h2-3,6-7,14-15,17H,4-5,8-13H2,1H3,(H,23,28)/t15-,17+,22+/m1/s1. The third kappa shape index (κ3) is 2.56. The summed E-state index contributed by atoms with van der Waals surface area (Å²) >= 11 is 0. The van der Waals surface area contributed by atoms with E-state index in [1.807, 2.05) is 29.2 Å². The molecule has 7 heteroatoms. The number of para-hydroxylation sites is 1. The van der Waals surface area contributed by atoms with E-state index >= 15 is 0 Å². The zero-order valence-corrected chi connectivity index (χ0v) is 16.7. The predicted molar refractivity (Wildman–Crippen MR) is 106 cm³/mol. The number of amides is 2. The highest BCUT2D eigenvalue weighted by atomic mass is 16.5. The van der Waals surface area contributed by atoms with Crippen molar-refractivity contribution >= 4 is 23.5 Å². The molecule has 1 aromatic carbocycles. The summed E-state index contributed by atoms with van der Waals surface area (Å²) in [6, 6.07) is 8.07. The fourth-order valence-electron chi connectivity index (χ4n) is 6.09. The van der Waals surface area contributed by atoms with Crippen molar-refractivity contribution in [3.8, 4) is 0 Å². The number of anilines is 1. The van der Waals surface area contributed by atoms with Crippen LogP contribution in [-0.4, -0.2) is 60.4 Å². The lowest BCUT2D eigenvalue weighted by Crippen LogP contribution is -2.55. The second-order valence-electron chi connectivity index (χ2n) is 8.67. The van der Waals surface area contributed by atoms with E-state index in [1.165, 1.54) is 7.11 Å². The normalized spacial score (nSPS) is 31.6. The van der Waals surface area contributed by atoms with Crippen LogP contribution >= 0.6 is 0 Å². The third-order valence-electron chi connectivity index (χ3n) is 7.41. The van der Waals surface area contributed by atoms with Gasteiger partial charge in [-0.15, -0.1) is 0 Å². The van der Waals surface area contributed by atoms with Crippen molar-refractivity contribution in [3.63, 3.8) is 0 Å². The third-order valence-corrected chi connectivity index (χ3v) is 7.41. The van der Waals surface area contributed by atoms with Crippen molar-refractivity contribution < 1.29 is 19.1 Å². The number of ether oxygens (including phenoxy) is 1. The van der Waals surface area contributed by atoms with Crippen molar-refractivity contribution in [3.05, 3.63) is 29.8 Å². The molecule has 3 saturated heterocycles. The van der Waals surface area contributed by atoms with Gasteiger partial charge in [-0.3, -0.25) is 19.3 Å². The molecular weight excluding hydrogens is 370 g/mol. The van der Waals surface area contributed by atoms with Gasteiger partial charge in [-0.2, -0.15) is 0 Å². The fourth-order valence-corrected chi connectivity index (χ4v) is 6.09. The lowest BCUT2D eigenvalue weighted by molar-refractivity contribution is -0.151. The van der Waals surface area contributed by atoms with Crippen LogP contribution in [0.4, 0.5) is 5.69 Å². The van der Waals surface area contributed by atoms with Crippen LogP contribution in [0.1, 0.15) is 37.7 Å². The largest absolute Gasteiger partial charge is 0.469 e. The van der Waals surface area contributed by atoms with Crippen LogP contribution in [0.25, 0.3) is 0 Å². The number of likely N-dealkylation sites (tertiary alicyclic amines) is 1. The molecular formula is C22H27N3O4. The maximum Gasteiger partial charge on any atom is 0.308 e. The van der Waals surface area contributed by atoms with E-state index in [0.29, 0.717) is 25.9 Å². The SMILES string of the molecule is COC(=O)C1CCN(C(=O)[C@@H]2C[C@H]3CCCN3[C@]23C(=O)Nc2ccccc23)CC1. The van der Waals surface area contributed by atoms with E-state index in [1.54, 1.807) is 0 Å². The van der Waals surface area contributed by atoms with Gasteiger partial charge < -0.3 is 15.0 Å². The number of methoxy groups -OCH3 is 1. The number of esters is 1. The van der Waals surface area contributed by atoms with Crippen molar-refractivity contribution in [2.75, 3.05) is 32.1 Å². The Morgan fingerprint density at radius 1 is 1.14 bits per heavy atom. The molecule has 1 aromatic rings. The molecule has 1 N–H and O–H groups in total. The van der Waals surface area contributed by atoms with E-state index in [0.717, 1.165) is 37.1 Å². The van der Waals surface area contributed by atoms with Gasteiger partial charge in [0, 0.05) is 30.4 Å². The zero-order valence-electron chi connectivity index (χ0n) is 16.7. The molecule has 4 aliphatic heterocycles. The first-order valence-electron chi connectivity index (χ1n) is 10.6. The molecule has 0 bridgehead atoms. The number of rotatable bonds is 2. The Labute approximate surface area is 170 Å². The number of nitrogens with one attached hydrogen (secondary N) is 1. The van der Waals surface area contributed by atoms with E-state index in [-0.39, 0.29) is 35.7 Å². The summed E-state index contributed by atoms with van der Waals surface area (Å²) in [5.41, 5.74) is 0.873. The van der Waals surface area contributed by atoms with E-state index < -0.39 is 5.54 Å². The summed E-state index contributed by atoms with van der Waals surface area (Å²) in [7, 11) is 1.41. The van der Waals surface area contributed by atoms with Gasteiger partial charge >= 0.3 is 5.97 Å². The van der Waals surface area contributed by atoms with E-state index in [2.05, 4.69) is 10.2 Å². The first-order chi connectivity index (χ1) is 14.1. The Kier molecular flexibility index (Phi) is 4.38. The summed E-state index contributed by atoms with van der Waals surface area (Å²) in [6.45, 7) is 1.93. The number of hydrogen-bond donors (Lipinski definition) is 1. The Balaban J connectivity index is 1.46. The van der Waals surface area contributed by atoms with Crippen molar-refractivity contribution in [1.82, 2.24) is 9.80 Å². The highest BCUT2D eigenvalue weighted by molar-refractivity contribution is 6.09. The van der Waals surface area contributed by atoms with Crippen LogP contribution in [-0.2, 0) is 24.7 Å². The van der Waals surface area contributed by atoms with Gasteiger partial charge in [-0.05, 0) is 44.7 Å². The van der Waals surface area contributed by atoms with Gasteiger partial charge in [0.15, 0.2) is 0 Å². The number of carbonyl (C=O) groups excluding carboxylic acids is 3. The first-order valence-corrected chi connectivity index (χ1v) is 10.6. The predicted octanol–water partition coefficient (Wildman–Crippen LogP) is 1.73. The number of benzene rings is 1. The van der Waals surface area contributed by atoms with Crippen LogP contribution in [0.5, 0.6) is 0 Å². The Hall–Kier alpha value is -2.41. The van der Waals surface area contributed by atoms with Crippen LogP contribution in [0.15, 0.2) is 24.3 Å². The highest BCUT2D eigenvalue weighted by Crippen LogP contribution is 2.55. The number of piperidine rings is 1. The molecule has 0 saturated carbocycles. The minimum Gasteiger partial charge on any atom is -0.469 e. The fraction of sp³-hybridized carbons (Fsp3) is 0.591. The molecule has 7 nitrogen and oxygen atoms in total. The topological polar surface area (TPSA) is 79.0 Å². The van der Waals surface area contributed by atoms with Crippen molar-refractivity contribution in [2.45, 2.75) is 43.7 Å². The van der Waals surface area contributed by atoms with Crippen LogP contribution in [0, 0.1) is 11.8 Å². The van der Waals surface area contributed by atoms with Gasteiger partial charge in [0.05, 0.1) is 18.9 Å². The minimum atomic E-state index is -0.895. The van der Waals surface area contributed by atoms with Crippen molar-refractivity contribution in [1.29, 1.82) is 0 Å². The monoisotopic (exact) mass is 397 g/mol. The van der Waals surface area contributed by atoms with Crippen LogP contribution in [0.2, 0.25) is 0 Å². The average Bonchev–Trinajstić information content (AvgIpc) is 3.41. The molecule has 3 fully saturated rings. The van der Waals surface area contributed by atoms with E-state index in [4.69, 9.17) is 4.74 Å². The maximum absolute atomic E-state index is 13.7. The molecule has 154 valence electrons. The molecule has 0 radical (unpaired) electrons. The van der Waals surface area contributed by atoms with Gasteiger partial charge in [0.25, 0.3) is 0 Å². The van der Waals surface area contributed by atoms with E-state index in [9.17, 15) is 14.4 Å². The molecule has 3 atom stereocenters. The number of carbonyl (C=O) groups is 3.